The molecule has 0 saturated carbocycles. The van der Waals surface area contributed by atoms with Crippen LogP contribution in [0.25, 0.3) is 11.3 Å². The Morgan fingerprint density at radius 2 is 2.40 bits per heavy atom. The van der Waals surface area contributed by atoms with Crippen molar-refractivity contribution in [3.8, 4) is 11.3 Å². The predicted octanol–water partition coefficient (Wildman–Crippen LogP) is 1.18. The number of aromatic nitrogens is 3. The average molecular weight is 204 g/mol. The van der Waals surface area contributed by atoms with Gasteiger partial charge in [0.15, 0.2) is 0 Å². The third-order valence-electron chi connectivity index (χ3n) is 2.38. The zero-order valence-electron chi connectivity index (χ0n) is 9.12. The van der Waals surface area contributed by atoms with Crippen LogP contribution in [-0.2, 0) is 13.5 Å². The molecule has 0 amide bonds. The van der Waals surface area contributed by atoms with Crippen molar-refractivity contribution in [3.63, 3.8) is 0 Å². The fourth-order valence-corrected chi connectivity index (χ4v) is 1.54. The van der Waals surface area contributed by atoms with Gasteiger partial charge in [-0.05, 0) is 13.1 Å². The number of rotatable bonds is 4. The van der Waals surface area contributed by atoms with E-state index in [1.807, 2.05) is 31.1 Å². The lowest BCUT2D eigenvalue weighted by molar-refractivity contribution is 0.764. The SMILES string of the molecule is CNCCc1ncc(-c2ccn(C)c2)[nH]1. The molecule has 2 aromatic rings. The first kappa shape index (κ1) is 9.98. The molecule has 0 aliphatic carbocycles. The molecule has 0 aliphatic rings. The van der Waals surface area contributed by atoms with Gasteiger partial charge < -0.3 is 14.9 Å². The molecule has 2 heterocycles. The highest BCUT2D eigenvalue weighted by molar-refractivity contribution is 5.57. The Kier molecular flexibility index (Phi) is 2.87. The van der Waals surface area contributed by atoms with Gasteiger partial charge in [-0.15, -0.1) is 0 Å². The van der Waals surface area contributed by atoms with E-state index in [1.165, 1.54) is 5.56 Å². The molecule has 2 aromatic heterocycles. The topological polar surface area (TPSA) is 45.6 Å². The molecular formula is C11H16N4. The van der Waals surface area contributed by atoms with Crippen LogP contribution in [0.1, 0.15) is 5.82 Å². The molecular weight excluding hydrogens is 188 g/mol. The zero-order valence-corrected chi connectivity index (χ0v) is 9.12. The van der Waals surface area contributed by atoms with Crippen LogP contribution in [0, 0.1) is 0 Å². The first-order valence-corrected chi connectivity index (χ1v) is 5.10. The second kappa shape index (κ2) is 4.31. The summed E-state index contributed by atoms with van der Waals surface area (Å²) >= 11 is 0. The number of aromatic amines is 1. The molecule has 0 spiro atoms. The van der Waals surface area contributed by atoms with E-state index in [0.717, 1.165) is 24.5 Å². The van der Waals surface area contributed by atoms with Crippen LogP contribution in [0.15, 0.2) is 24.7 Å². The van der Waals surface area contributed by atoms with Crippen LogP contribution in [0.5, 0.6) is 0 Å². The third kappa shape index (κ3) is 2.27. The number of likely N-dealkylation sites (N-methyl/N-ethyl adjacent to an activating group) is 1. The van der Waals surface area contributed by atoms with Crippen LogP contribution in [0.3, 0.4) is 0 Å². The Bertz CT molecular complexity index is 427. The average Bonchev–Trinajstić information content (AvgIpc) is 2.83. The van der Waals surface area contributed by atoms with Crippen LogP contribution < -0.4 is 5.32 Å². The first-order valence-electron chi connectivity index (χ1n) is 5.10. The zero-order chi connectivity index (χ0) is 10.7. The molecule has 0 unspecified atom stereocenters. The number of nitrogens with zero attached hydrogens (tertiary/aromatic N) is 2. The summed E-state index contributed by atoms with van der Waals surface area (Å²) in [5, 5.41) is 3.11. The minimum Gasteiger partial charge on any atom is -0.357 e. The molecule has 0 aliphatic heterocycles. The number of aryl methyl sites for hydroxylation is 1. The van der Waals surface area contributed by atoms with Crippen LogP contribution in [0.4, 0.5) is 0 Å². The molecule has 15 heavy (non-hydrogen) atoms. The molecule has 2 N–H and O–H groups in total. The summed E-state index contributed by atoms with van der Waals surface area (Å²) in [7, 11) is 3.96. The molecule has 2 rings (SSSR count). The normalized spacial score (nSPS) is 10.8. The summed E-state index contributed by atoms with van der Waals surface area (Å²) in [5.41, 5.74) is 2.27. The van der Waals surface area contributed by atoms with Crippen LogP contribution in [0.2, 0.25) is 0 Å². The third-order valence-corrected chi connectivity index (χ3v) is 2.38. The van der Waals surface area contributed by atoms with E-state index in [-0.39, 0.29) is 0 Å². The minimum atomic E-state index is 0.934. The van der Waals surface area contributed by atoms with E-state index in [0.29, 0.717) is 0 Å². The maximum Gasteiger partial charge on any atom is 0.107 e. The van der Waals surface area contributed by atoms with Crippen molar-refractivity contribution in [1.82, 2.24) is 19.9 Å². The van der Waals surface area contributed by atoms with Crippen molar-refractivity contribution in [2.24, 2.45) is 7.05 Å². The molecule has 0 atom stereocenters. The molecule has 0 bridgehead atoms. The lowest BCUT2D eigenvalue weighted by Gasteiger charge is -1.95. The summed E-state index contributed by atoms with van der Waals surface area (Å²) in [4.78, 5) is 7.65. The highest BCUT2D eigenvalue weighted by Gasteiger charge is 2.03. The molecule has 4 heteroatoms. The van der Waals surface area contributed by atoms with Gasteiger partial charge in [0, 0.05) is 38.0 Å². The van der Waals surface area contributed by atoms with E-state index < -0.39 is 0 Å². The number of hydrogen-bond donors (Lipinski definition) is 2. The van der Waals surface area contributed by atoms with Crippen molar-refractivity contribution in [1.29, 1.82) is 0 Å². The van der Waals surface area contributed by atoms with Gasteiger partial charge in [0.25, 0.3) is 0 Å². The quantitative estimate of drug-likeness (QED) is 0.785. The van der Waals surface area contributed by atoms with E-state index in [2.05, 4.69) is 27.5 Å². The van der Waals surface area contributed by atoms with Crippen molar-refractivity contribution >= 4 is 0 Å². The van der Waals surface area contributed by atoms with E-state index in [4.69, 9.17) is 0 Å². The Morgan fingerprint density at radius 1 is 1.53 bits per heavy atom. The van der Waals surface area contributed by atoms with Crippen molar-refractivity contribution in [3.05, 3.63) is 30.5 Å². The Labute approximate surface area is 89.3 Å². The predicted molar refractivity (Wildman–Crippen MR) is 60.6 cm³/mol. The van der Waals surface area contributed by atoms with Gasteiger partial charge >= 0.3 is 0 Å². The number of hydrogen-bond acceptors (Lipinski definition) is 2. The minimum absolute atomic E-state index is 0.934. The maximum atomic E-state index is 4.33. The lowest BCUT2D eigenvalue weighted by Crippen LogP contribution is -2.10. The summed E-state index contributed by atoms with van der Waals surface area (Å²) in [6.07, 6.45) is 6.93. The molecule has 0 saturated heterocycles. The fraction of sp³-hybridized carbons (Fsp3) is 0.364. The Morgan fingerprint density at radius 3 is 3.07 bits per heavy atom. The summed E-state index contributed by atoms with van der Waals surface area (Å²) in [6.45, 7) is 0.946. The molecule has 0 fully saturated rings. The Balaban J connectivity index is 2.13. The van der Waals surface area contributed by atoms with Gasteiger partial charge in [0.1, 0.15) is 5.82 Å². The van der Waals surface area contributed by atoms with E-state index >= 15 is 0 Å². The van der Waals surface area contributed by atoms with E-state index in [9.17, 15) is 0 Å². The van der Waals surface area contributed by atoms with Gasteiger partial charge in [-0.25, -0.2) is 4.98 Å². The molecule has 0 aromatic carbocycles. The van der Waals surface area contributed by atoms with Gasteiger partial charge in [-0.1, -0.05) is 0 Å². The monoisotopic (exact) mass is 204 g/mol. The summed E-state index contributed by atoms with van der Waals surface area (Å²) < 4.78 is 2.03. The van der Waals surface area contributed by atoms with Crippen LogP contribution >= 0.6 is 0 Å². The number of nitrogens with one attached hydrogen (secondary N) is 2. The van der Waals surface area contributed by atoms with Crippen molar-refractivity contribution < 1.29 is 0 Å². The summed E-state index contributed by atoms with van der Waals surface area (Å²) in [5.74, 6) is 1.03. The molecule has 80 valence electrons. The largest absolute Gasteiger partial charge is 0.357 e. The smallest absolute Gasteiger partial charge is 0.107 e. The van der Waals surface area contributed by atoms with Crippen LogP contribution in [-0.4, -0.2) is 28.1 Å². The second-order valence-corrected chi connectivity index (χ2v) is 3.66. The first-order chi connectivity index (χ1) is 7.29. The highest BCUT2D eigenvalue weighted by Crippen LogP contribution is 2.16. The fourth-order valence-electron chi connectivity index (χ4n) is 1.54. The van der Waals surface area contributed by atoms with Gasteiger partial charge in [-0.3, -0.25) is 0 Å². The Hall–Kier alpha value is -1.55. The lowest BCUT2D eigenvalue weighted by atomic mass is 10.3. The number of imidazole rings is 1. The number of H-pyrrole nitrogens is 1. The van der Waals surface area contributed by atoms with Crippen molar-refractivity contribution in [2.45, 2.75) is 6.42 Å². The van der Waals surface area contributed by atoms with Crippen molar-refractivity contribution in [2.75, 3.05) is 13.6 Å². The van der Waals surface area contributed by atoms with Gasteiger partial charge in [0.2, 0.25) is 0 Å². The second-order valence-electron chi connectivity index (χ2n) is 3.66. The highest BCUT2D eigenvalue weighted by atomic mass is 14.9. The van der Waals surface area contributed by atoms with Gasteiger partial charge in [0.05, 0.1) is 11.9 Å². The molecule has 0 radical (unpaired) electrons. The molecule has 4 nitrogen and oxygen atoms in total. The van der Waals surface area contributed by atoms with E-state index in [1.54, 1.807) is 0 Å². The standard InChI is InChI=1S/C11H16N4/c1-12-5-3-11-13-7-10(14-11)9-4-6-15(2)8-9/h4,6-8,12H,3,5H2,1-2H3,(H,13,14). The summed E-state index contributed by atoms with van der Waals surface area (Å²) in [6, 6.07) is 2.08. The maximum absolute atomic E-state index is 4.33. The van der Waals surface area contributed by atoms with Gasteiger partial charge in [-0.2, -0.15) is 0 Å².